The van der Waals surface area contributed by atoms with Crippen LogP contribution in [0.25, 0.3) is 0 Å². The highest BCUT2D eigenvalue weighted by Gasteiger charge is 2.31. The van der Waals surface area contributed by atoms with Crippen molar-refractivity contribution < 1.29 is 9.32 Å². The molecule has 3 rings (SSSR count). The zero-order valence-corrected chi connectivity index (χ0v) is 12.0. The van der Waals surface area contributed by atoms with Crippen LogP contribution in [0.2, 0.25) is 0 Å². The van der Waals surface area contributed by atoms with Gasteiger partial charge in [0.15, 0.2) is 0 Å². The first-order valence-corrected chi connectivity index (χ1v) is 6.98. The van der Waals surface area contributed by atoms with Gasteiger partial charge in [0.2, 0.25) is 0 Å². The molecule has 0 atom stereocenters. The van der Waals surface area contributed by atoms with Crippen LogP contribution in [0.15, 0.2) is 21.6 Å². The Kier molecular flexibility index (Phi) is 3.37. The molecule has 0 unspecified atom stereocenters. The molecular formula is C15H17N3O3. The summed E-state index contributed by atoms with van der Waals surface area (Å²) in [4.78, 5) is 26.8. The summed E-state index contributed by atoms with van der Waals surface area (Å²) in [6.45, 7) is 3.88. The molecule has 1 aliphatic carbocycles. The first kappa shape index (κ1) is 13.6. The SMILES string of the molecule is Cc1cc(C)c(CNC(=O)c2conc2C2CC2)c(=O)[nH]1. The molecule has 6 nitrogen and oxygen atoms in total. The average Bonchev–Trinajstić information content (AvgIpc) is 3.14. The molecule has 2 aromatic heterocycles. The molecule has 2 heterocycles. The second kappa shape index (κ2) is 5.20. The predicted molar refractivity (Wildman–Crippen MR) is 76.2 cm³/mol. The molecule has 110 valence electrons. The van der Waals surface area contributed by atoms with Crippen molar-refractivity contribution in [1.29, 1.82) is 0 Å². The lowest BCUT2D eigenvalue weighted by molar-refractivity contribution is 0.0949. The zero-order chi connectivity index (χ0) is 15.0. The Hall–Kier alpha value is -2.37. The van der Waals surface area contributed by atoms with E-state index in [9.17, 15) is 9.59 Å². The smallest absolute Gasteiger partial charge is 0.256 e. The lowest BCUT2D eigenvalue weighted by Gasteiger charge is -2.07. The number of nitrogens with one attached hydrogen (secondary N) is 2. The summed E-state index contributed by atoms with van der Waals surface area (Å²) < 4.78 is 4.90. The number of nitrogens with zero attached hydrogens (tertiary/aromatic N) is 1. The number of aromatic nitrogens is 2. The van der Waals surface area contributed by atoms with E-state index in [0.717, 1.165) is 29.8 Å². The van der Waals surface area contributed by atoms with Crippen molar-refractivity contribution in [3.63, 3.8) is 0 Å². The minimum atomic E-state index is -0.252. The number of carbonyl (C=O) groups excluding carboxylic acids is 1. The van der Waals surface area contributed by atoms with E-state index in [1.807, 2.05) is 19.9 Å². The van der Waals surface area contributed by atoms with Crippen LogP contribution in [0.1, 0.15) is 51.6 Å². The topological polar surface area (TPSA) is 88.0 Å². The molecule has 0 aliphatic heterocycles. The summed E-state index contributed by atoms with van der Waals surface area (Å²) in [7, 11) is 0. The van der Waals surface area contributed by atoms with Crippen molar-refractivity contribution >= 4 is 5.91 Å². The summed E-state index contributed by atoms with van der Waals surface area (Å²) in [5.74, 6) is 0.0894. The number of rotatable bonds is 4. The van der Waals surface area contributed by atoms with Crippen molar-refractivity contribution in [3.05, 3.63) is 50.8 Å². The predicted octanol–water partition coefficient (Wildman–Crippen LogP) is 1.79. The third-order valence-corrected chi connectivity index (χ3v) is 3.73. The number of carbonyl (C=O) groups is 1. The molecule has 0 aromatic carbocycles. The molecule has 0 saturated heterocycles. The van der Waals surface area contributed by atoms with Gasteiger partial charge < -0.3 is 14.8 Å². The summed E-state index contributed by atoms with van der Waals surface area (Å²) in [6.07, 6.45) is 3.46. The van der Waals surface area contributed by atoms with Crippen molar-refractivity contribution in [2.45, 2.75) is 39.2 Å². The Balaban J connectivity index is 1.74. The maximum Gasteiger partial charge on any atom is 0.256 e. The third kappa shape index (κ3) is 2.74. The summed E-state index contributed by atoms with van der Waals surface area (Å²) in [6, 6.07) is 1.89. The van der Waals surface area contributed by atoms with Gasteiger partial charge in [0, 0.05) is 23.7 Å². The van der Waals surface area contributed by atoms with Crippen molar-refractivity contribution in [2.75, 3.05) is 0 Å². The third-order valence-electron chi connectivity index (χ3n) is 3.73. The first-order chi connectivity index (χ1) is 10.1. The highest BCUT2D eigenvalue weighted by atomic mass is 16.5. The molecule has 0 bridgehead atoms. The van der Waals surface area contributed by atoms with Gasteiger partial charge in [0.1, 0.15) is 11.8 Å². The van der Waals surface area contributed by atoms with Crippen LogP contribution in [-0.4, -0.2) is 16.0 Å². The van der Waals surface area contributed by atoms with Gasteiger partial charge in [-0.1, -0.05) is 5.16 Å². The second-order valence-electron chi connectivity index (χ2n) is 5.51. The monoisotopic (exact) mass is 287 g/mol. The average molecular weight is 287 g/mol. The number of aryl methyl sites for hydroxylation is 2. The fraction of sp³-hybridized carbons (Fsp3) is 0.400. The molecule has 6 heteroatoms. The van der Waals surface area contributed by atoms with E-state index in [4.69, 9.17) is 4.52 Å². The van der Waals surface area contributed by atoms with Crippen molar-refractivity contribution in [1.82, 2.24) is 15.5 Å². The van der Waals surface area contributed by atoms with Crippen LogP contribution < -0.4 is 10.9 Å². The molecule has 2 aromatic rings. The van der Waals surface area contributed by atoms with Crippen molar-refractivity contribution in [2.24, 2.45) is 0 Å². The van der Waals surface area contributed by atoms with Gasteiger partial charge in [-0.25, -0.2) is 0 Å². The maximum atomic E-state index is 12.2. The second-order valence-corrected chi connectivity index (χ2v) is 5.51. The number of aromatic amines is 1. The highest BCUT2D eigenvalue weighted by Crippen LogP contribution is 2.40. The van der Waals surface area contributed by atoms with Gasteiger partial charge in [-0.2, -0.15) is 0 Å². The van der Waals surface area contributed by atoms with Crippen LogP contribution in [0.3, 0.4) is 0 Å². The number of amides is 1. The molecule has 0 spiro atoms. The molecule has 21 heavy (non-hydrogen) atoms. The van der Waals surface area contributed by atoms with Crippen LogP contribution in [-0.2, 0) is 6.54 Å². The van der Waals surface area contributed by atoms with Gasteiger partial charge >= 0.3 is 0 Å². The Labute approximate surface area is 121 Å². The fourth-order valence-electron chi connectivity index (χ4n) is 2.43. The summed E-state index contributed by atoms with van der Waals surface area (Å²) >= 11 is 0. The van der Waals surface area contributed by atoms with Crippen molar-refractivity contribution in [3.8, 4) is 0 Å². The minimum Gasteiger partial charge on any atom is -0.364 e. The van der Waals surface area contributed by atoms with E-state index in [2.05, 4.69) is 15.5 Å². The van der Waals surface area contributed by atoms with E-state index in [0.29, 0.717) is 17.0 Å². The molecular weight excluding hydrogens is 270 g/mol. The molecule has 2 N–H and O–H groups in total. The summed E-state index contributed by atoms with van der Waals surface area (Å²) in [5, 5.41) is 6.66. The standard InChI is InChI=1S/C15H17N3O3/c1-8-5-9(2)17-15(20)11(8)6-16-14(19)12-7-21-18-13(12)10-3-4-10/h5,7,10H,3-4,6H2,1-2H3,(H,16,19)(H,17,20). The largest absolute Gasteiger partial charge is 0.364 e. The fourth-order valence-corrected chi connectivity index (χ4v) is 2.43. The Morgan fingerprint density at radius 1 is 1.48 bits per heavy atom. The Bertz CT molecular complexity index is 741. The minimum absolute atomic E-state index is 0.166. The lowest BCUT2D eigenvalue weighted by atomic mass is 10.1. The van der Waals surface area contributed by atoms with Gasteiger partial charge in [0.25, 0.3) is 11.5 Å². The van der Waals surface area contributed by atoms with E-state index in [1.54, 1.807) is 0 Å². The van der Waals surface area contributed by atoms with Gasteiger partial charge in [0.05, 0.1) is 5.69 Å². The van der Waals surface area contributed by atoms with Crippen LogP contribution in [0.5, 0.6) is 0 Å². The number of hydrogen-bond acceptors (Lipinski definition) is 4. The zero-order valence-electron chi connectivity index (χ0n) is 12.0. The Morgan fingerprint density at radius 2 is 2.24 bits per heavy atom. The summed E-state index contributed by atoms with van der Waals surface area (Å²) in [5.41, 5.74) is 3.27. The molecule has 0 radical (unpaired) electrons. The van der Waals surface area contributed by atoms with E-state index in [-0.39, 0.29) is 18.0 Å². The highest BCUT2D eigenvalue weighted by molar-refractivity contribution is 5.95. The van der Waals surface area contributed by atoms with E-state index < -0.39 is 0 Å². The van der Waals surface area contributed by atoms with Crippen LogP contribution in [0.4, 0.5) is 0 Å². The quantitative estimate of drug-likeness (QED) is 0.897. The first-order valence-electron chi connectivity index (χ1n) is 6.98. The normalized spacial score (nSPS) is 14.2. The number of pyridine rings is 1. The van der Waals surface area contributed by atoms with Gasteiger partial charge in [-0.3, -0.25) is 9.59 Å². The van der Waals surface area contributed by atoms with E-state index in [1.165, 1.54) is 6.26 Å². The molecule has 1 fully saturated rings. The van der Waals surface area contributed by atoms with Crippen LogP contribution in [0, 0.1) is 13.8 Å². The Morgan fingerprint density at radius 3 is 2.90 bits per heavy atom. The lowest BCUT2D eigenvalue weighted by Crippen LogP contribution is -2.28. The molecule has 1 aliphatic rings. The van der Waals surface area contributed by atoms with Gasteiger partial charge in [-0.15, -0.1) is 0 Å². The molecule has 1 saturated carbocycles. The van der Waals surface area contributed by atoms with Gasteiger partial charge in [-0.05, 0) is 38.3 Å². The van der Waals surface area contributed by atoms with Crippen LogP contribution >= 0.6 is 0 Å². The number of H-pyrrole nitrogens is 1. The maximum absolute atomic E-state index is 12.2. The van der Waals surface area contributed by atoms with E-state index >= 15 is 0 Å². The number of hydrogen-bond donors (Lipinski definition) is 2. The molecule has 1 amide bonds.